The number of benzene rings is 1. The van der Waals surface area contributed by atoms with E-state index in [4.69, 9.17) is 4.74 Å². The number of carbonyl (C=O) groups excluding carboxylic acids is 1. The fourth-order valence-electron chi connectivity index (χ4n) is 1.85. The number of ether oxygens (including phenoxy) is 1. The van der Waals surface area contributed by atoms with Crippen molar-refractivity contribution in [3.63, 3.8) is 0 Å². The van der Waals surface area contributed by atoms with Crippen molar-refractivity contribution in [3.8, 4) is 5.75 Å². The number of nitrogens with zero attached hydrogens (tertiary/aromatic N) is 2. The molecule has 2 N–H and O–H groups in total. The molecule has 6 nitrogen and oxygen atoms in total. The van der Waals surface area contributed by atoms with E-state index >= 15 is 0 Å². The van der Waals surface area contributed by atoms with Gasteiger partial charge in [0, 0.05) is 24.1 Å². The van der Waals surface area contributed by atoms with Gasteiger partial charge in [0.2, 0.25) is 5.95 Å². The fourth-order valence-corrected chi connectivity index (χ4v) is 1.85. The molecule has 0 saturated carbocycles. The molecule has 1 aromatic carbocycles. The highest BCUT2D eigenvalue weighted by atomic mass is 16.5. The van der Waals surface area contributed by atoms with E-state index in [0.29, 0.717) is 18.1 Å². The zero-order valence-corrected chi connectivity index (χ0v) is 13.7. The lowest BCUT2D eigenvalue weighted by Crippen LogP contribution is -2.32. The Kier molecular flexibility index (Phi) is 5.91. The van der Waals surface area contributed by atoms with Crippen molar-refractivity contribution in [3.05, 3.63) is 42.2 Å². The second-order valence-corrected chi connectivity index (χ2v) is 5.16. The molecule has 2 rings (SSSR count). The zero-order chi connectivity index (χ0) is 16.7. The van der Waals surface area contributed by atoms with E-state index in [1.165, 1.54) is 12.4 Å². The van der Waals surface area contributed by atoms with Crippen molar-refractivity contribution in [2.24, 2.45) is 0 Å². The van der Waals surface area contributed by atoms with Gasteiger partial charge in [0.05, 0.1) is 12.2 Å². The quantitative estimate of drug-likeness (QED) is 0.821. The molecule has 1 unspecified atom stereocenters. The molecule has 122 valence electrons. The zero-order valence-electron chi connectivity index (χ0n) is 13.7. The number of aromatic nitrogens is 2. The minimum Gasteiger partial charge on any atom is -0.494 e. The summed E-state index contributed by atoms with van der Waals surface area (Å²) < 4.78 is 5.39. The minimum atomic E-state index is -0.160. The summed E-state index contributed by atoms with van der Waals surface area (Å²) in [7, 11) is 0. The second-order valence-electron chi connectivity index (χ2n) is 5.16. The van der Waals surface area contributed by atoms with Gasteiger partial charge in [-0.1, -0.05) is 6.92 Å². The summed E-state index contributed by atoms with van der Waals surface area (Å²) in [5, 5.41) is 5.96. The standard InChI is InChI=1S/C17H22N4O2/c1-4-12(3)20-16(22)13-10-18-17(19-11-13)21-14-6-8-15(9-7-14)23-5-2/h6-12H,4-5H2,1-3H3,(H,20,22)(H,18,19,21). The Bertz CT molecular complexity index is 626. The maximum atomic E-state index is 12.0. The van der Waals surface area contributed by atoms with Crippen molar-refractivity contribution in [2.75, 3.05) is 11.9 Å². The van der Waals surface area contributed by atoms with Crippen LogP contribution in [0.5, 0.6) is 5.75 Å². The number of rotatable bonds is 7. The molecule has 2 aromatic rings. The Balaban J connectivity index is 1.98. The highest BCUT2D eigenvalue weighted by Crippen LogP contribution is 2.18. The van der Waals surface area contributed by atoms with Crippen LogP contribution in [0.15, 0.2) is 36.7 Å². The molecule has 1 amide bonds. The SMILES string of the molecule is CCOc1ccc(Nc2ncc(C(=O)NC(C)CC)cn2)cc1. The number of hydrogen-bond donors (Lipinski definition) is 2. The molecule has 0 saturated heterocycles. The van der Waals surface area contributed by atoms with Crippen LogP contribution < -0.4 is 15.4 Å². The smallest absolute Gasteiger partial charge is 0.254 e. The molecule has 0 aliphatic rings. The van der Waals surface area contributed by atoms with Gasteiger partial charge in [0.25, 0.3) is 5.91 Å². The van der Waals surface area contributed by atoms with Gasteiger partial charge in [-0.15, -0.1) is 0 Å². The Labute approximate surface area is 136 Å². The van der Waals surface area contributed by atoms with E-state index in [9.17, 15) is 4.79 Å². The number of anilines is 2. The third kappa shape index (κ3) is 4.95. The number of nitrogens with one attached hydrogen (secondary N) is 2. The van der Waals surface area contributed by atoms with Crippen LogP contribution in [0.2, 0.25) is 0 Å². The average Bonchev–Trinajstić information content (AvgIpc) is 2.57. The average molecular weight is 314 g/mol. The third-order valence-electron chi connectivity index (χ3n) is 3.33. The molecule has 1 atom stereocenters. The van der Waals surface area contributed by atoms with Crippen LogP contribution in [0, 0.1) is 0 Å². The van der Waals surface area contributed by atoms with Crippen LogP contribution in [-0.4, -0.2) is 28.5 Å². The predicted octanol–water partition coefficient (Wildman–Crippen LogP) is 3.15. The Morgan fingerprint density at radius 2 is 1.83 bits per heavy atom. The lowest BCUT2D eigenvalue weighted by atomic mass is 10.2. The van der Waals surface area contributed by atoms with Gasteiger partial charge in [-0.25, -0.2) is 9.97 Å². The van der Waals surface area contributed by atoms with Gasteiger partial charge in [-0.05, 0) is 44.5 Å². The van der Waals surface area contributed by atoms with Gasteiger partial charge in [-0.3, -0.25) is 4.79 Å². The highest BCUT2D eigenvalue weighted by Gasteiger charge is 2.09. The molecule has 6 heteroatoms. The third-order valence-corrected chi connectivity index (χ3v) is 3.33. The normalized spacial score (nSPS) is 11.6. The molecular formula is C17H22N4O2. The highest BCUT2D eigenvalue weighted by molar-refractivity contribution is 5.93. The van der Waals surface area contributed by atoms with Gasteiger partial charge in [-0.2, -0.15) is 0 Å². The maximum absolute atomic E-state index is 12.0. The molecule has 23 heavy (non-hydrogen) atoms. The number of hydrogen-bond acceptors (Lipinski definition) is 5. The molecule has 1 aromatic heterocycles. The van der Waals surface area contributed by atoms with Crippen molar-refractivity contribution >= 4 is 17.5 Å². The van der Waals surface area contributed by atoms with Crippen LogP contribution in [0.4, 0.5) is 11.6 Å². The second kappa shape index (κ2) is 8.12. The van der Waals surface area contributed by atoms with Crippen LogP contribution in [0.25, 0.3) is 0 Å². The monoisotopic (exact) mass is 314 g/mol. The minimum absolute atomic E-state index is 0.129. The van der Waals surface area contributed by atoms with Crippen LogP contribution in [0.3, 0.4) is 0 Å². The summed E-state index contributed by atoms with van der Waals surface area (Å²) in [6.07, 6.45) is 3.91. The first-order chi connectivity index (χ1) is 11.1. The largest absolute Gasteiger partial charge is 0.494 e. The molecule has 0 bridgehead atoms. The Morgan fingerprint density at radius 1 is 1.17 bits per heavy atom. The maximum Gasteiger partial charge on any atom is 0.254 e. The topological polar surface area (TPSA) is 76.1 Å². The van der Waals surface area contributed by atoms with Gasteiger partial charge in [0.15, 0.2) is 0 Å². The first-order valence-corrected chi connectivity index (χ1v) is 7.75. The van der Waals surface area contributed by atoms with Crippen molar-refractivity contribution in [1.29, 1.82) is 0 Å². The lowest BCUT2D eigenvalue weighted by Gasteiger charge is -2.11. The van der Waals surface area contributed by atoms with E-state index in [0.717, 1.165) is 17.9 Å². The molecular weight excluding hydrogens is 292 g/mol. The fraction of sp³-hybridized carbons (Fsp3) is 0.353. The summed E-state index contributed by atoms with van der Waals surface area (Å²) in [5.41, 5.74) is 1.30. The first kappa shape index (κ1) is 16.7. The molecule has 0 aliphatic heterocycles. The molecule has 0 radical (unpaired) electrons. The van der Waals surface area contributed by atoms with Crippen molar-refractivity contribution in [2.45, 2.75) is 33.2 Å². The van der Waals surface area contributed by atoms with Crippen molar-refractivity contribution in [1.82, 2.24) is 15.3 Å². The van der Waals surface area contributed by atoms with Crippen molar-refractivity contribution < 1.29 is 9.53 Å². The molecule has 1 heterocycles. The summed E-state index contributed by atoms with van der Waals surface area (Å²) in [4.78, 5) is 20.3. The molecule has 0 fully saturated rings. The van der Waals surface area contributed by atoms with E-state index in [2.05, 4.69) is 20.6 Å². The van der Waals surface area contributed by atoms with Crippen LogP contribution >= 0.6 is 0 Å². The predicted molar refractivity (Wildman–Crippen MR) is 90.1 cm³/mol. The summed E-state index contributed by atoms with van der Waals surface area (Å²) in [5.74, 6) is 1.09. The first-order valence-electron chi connectivity index (χ1n) is 7.75. The van der Waals surface area contributed by atoms with E-state index in [-0.39, 0.29) is 11.9 Å². The lowest BCUT2D eigenvalue weighted by molar-refractivity contribution is 0.0938. The molecule has 0 aliphatic carbocycles. The Morgan fingerprint density at radius 3 is 2.39 bits per heavy atom. The summed E-state index contributed by atoms with van der Waals surface area (Å²) >= 11 is 0. The van der Waals surface area contributed by atoms with E-state index in [1.807, 2.05) is 45.0 Å². The molecule has 0 spiro atoms. The van der Waals surface area contributed by atoms with Gasteiger partial charge < -0.3 is 15.4 Å². The van der Waals surface area contributed by atoms with E-state index < -0.39 is 0 Å². The summed E-state index contributed by atoms with van der Waals surface area (Å²) in [6, 6.07) is 7.65. The van der Waals surface area contributed by atoms with Crippen LogP contribution in [-0.2, 0) is 0 Å². The summed E-state index contributed by atoms with van der Waals surface area (Å²) in [6.45, 7) is 6.56. The van der Waals surface area contributed by atoms with E-state index in [1.54, 1.807) is 0 Å². The number of amides is 1. The van der Waals surface area contributed by atoms with Gasteiger partial charge in [0.1, 0.15) is 5.75 Å². The van der Waals surface area contributed by atoms with Crippen LogP contribution in [0.1, 0.15) is 37.6 Å². The Hall–Kier alpha value is -2.63. The number of carbonyl (C=O) groups is 1. The van der Waals surface area contributed by atoms with Gasteiger partial charge >= 0.3 is 0 Å².